The van der Waals surface area contributed by atoms with Crippen molar-refractivity contribution in [1.82, 2.24) is 9.78 Å². The molecule has 0 aliphatic heterocycles. The minimum absolute atomic E-state index is 0.138. The Morgan fingerprint density at radius 1 is 1.17 bits per heavy atom. The van der Waals surface area contributed by atoms with Gasteiger partial charge in [-0.25, -0.2) is 0 Å². The first-order chi connectivity index (χ1) is 8.04. The van der Waals surface area contributed by atoms with Crippen molar-refractivity contribution in [3.8, 4) is 0 Å². The van der Waals surface area contributed by atoms with E-state index in [-0.39, 0.29) is 5.41 Å². The fourth-order valence-electron chi connectivity index (χ4n) is 2.05. The SMILES string of the molecule is [B]C([B])([B])C([B])([B])n1nccc1C(C)(C)CCC. The molecule has 0 bridgehead atoms. The topological polar surface area (TPSA) is 17.8 Å². The average Bonchev–Trinajstić information content (AvgIpc) is 2.64. The van der Waals surface area contributed by atoms with Gasteiger partial charge in [0, 0.05) is 17.3 Å². The van der Waals surface area contributed by atoms with Crippen LogP contribution >= 0.6 is 0 Å². The van der Waals surface area contributed by atoms with Crippen molar-refractivity contribution in [2.45, 2.75) is 49.5 Å². The van der Waals surface area contributed by atoms with Crippen molar-refractivity contribution in [3.05, 3.63) is 18.0 Å². The maximum Gasteiger partial charge on any atom is 0.0908 e. The predicted molar refractivity (Wildman–Crippen MR) is 79.6 cm³/mol. The van der Waals surface area contributed by atoms with Crippen LogP contribution in [0.25, 0.3) is 0 Å². The second-order valence-corrected chi connectivity index (χ2v) is 5.52. The molecule has 0 aliphatic carbocycles. The molecular formula is C11H15B5N2. The Kier molecular flexibility index (Phi) is 4.24. The van der Waals surface area contributed by atoms with Crippen LogP contribution in [0.3, 0.4) is 0 Å². The molecule has 1 aromatic heterocycles. The third-order valence-corrected chi connectivity index (χ3v) is 3.26. The molecule has 0 saturated heterocycles. The van der Waals surface area contributed by atoms with Gasteiger partial charge >= 0.3 is 0 Å². The standard InChI is InChI=1S/C11H15B5N2/c1-4-6-9(2,3)8-5-7-17-18(8)11(15,16)10(12,13)14/h5,7H,4,6H2,1-3H3. The zero-order valence-corrected chi connectivity index (χ0v) is 11.4. The summed E-state index contributed by atoms with van der Waals surface area (Å²) in [4.78, 5) is 0. The smallest absolute Gasteiger partial charge is 0.0908 e. The molecule has 0 N–H and O–H groups in total. The van der Waals surface area contributed by atoms with Crippen molar-refractivity contribution >= 4 is 39.2 Å². The lowest BCUT2D eigenvalue weighted by Gasteiger charge is -2.45. The van der Waals surface area contributed by atoms with Gasteiger partial charge in [0.05, 0.1) is 39.2 Å². The third-order valence-electron chi connectivity index (χ3n) is 3.26. The molecule has 0 aromatic carbocycles. The van der Waals surface area contributed by atoms with Crippen LogP contribution < -0.4 is 0 Å². The quantitative estimate of drug-likeness (QED) is 0.672. The Balaban J connectivity index is 3.26. The lowest BCUT2D eigenvalue weighted by atomic mass is 9.26. The Labute approximate surface area is 117 Å². The van der Waals surface area contributed by atoms with Gasteiger partial charge in [-0.15, -0.1) is 5.11 Å². The summed E-state index contributed by atoms with van der Waals surface area (Å²) in [6.45, 7) is 6.29. The van der Waals surface area contributed by atoms with Gasteiger partial charge in [0.15, 0.2) is 0 Å². The monoisotopic (exact) mass is 230 g/mol. The number of hydrogen-bond donors (Lipinski definition) is 0. The van der Waals surface area contributed by atoms with Gasteiger partial charge in [0.2, 0.25) is 0 Å². The number of aromatic nitrogens is 2. The minimum Gasteiger partial charge on any atom is -0.282 e. The first-order valence-electron chi connectivity index (χ1n) is 6.03. The van der Waals surface area contributed by atoms with E-state index in [2.05, 4.69) is 25.9 Å². The van der Waals surface area contributed by atoms with E-state index in [9.17, 15) is 0 Å². The highest BCUT2D eigenvalue weighted by Gasteiger charge is 2.36. The Morgan fingerprint density at radius 2 is 1.72 bits per heavy atom. The van der Waals surface area contributed by atoms with Crippen LogP contribution in [-0.4, -0.2) is 49.0 Å². The Morgan fingerprint density at radius 3 is 2.17 bits per heavy atom. The van der Waals surface area contributed by atoms with Crippen LogP contribution in [-0.2, 0) is 10.8 Å². The third kappa shape index (κ3) is 2.75. The fourth-order valence-corrected chi connectivity index (χ4v) is 2.05. The molecule has 0 amide bonds. The molecule has 10 radical (unpaired) electrons. The van der Waals surface area contributed by atoms with Crippen molar-refractivity contribution < 1.29 is 0 Å². The van der Waals surface area contributed by atoms with Gasteiger partial charge in [-0.05, 0) is 17.8 Å². The van der Waals surface area contributed by atoms with Crippen molar-refractivity contribution in [3.63, 3.8) is 0 Å². The van der Waals surface area contributed by atoms with Gasteiger partial charge in [0.1, 0.15) is 0 Å². The van der Waals surface area contributed by atoms with Crippen LogP contribution in [0.4, 0.5) is 0 Å². The van der Waals surface area contributed by atoms with Crippen LogP contribution in [0.15, 0.2) is 12.3 Å². The number of nitrogens with zero attached hydrogens (tertiary/aromatic N) is 2. The number of rotatable bonds is 5. The zero-order chi connectivity index (χ0) is 14.2. The van der Waals surface area contributed by atoms with Gasteiger partial charge in [0.25, 0.3) is 0 Å². The van der Waals surface area contributed by atoms with E-state index in [0.717, 1.165) is 18.5 Å². The molecule has 0 unspecified atom stereocenters. The molecule has 0 spiro atoms. The summed E-state index contributed by atoms with van der Waals surface area (Å²) >= 11 is 0. The van der Waals surface area contributed by atoms with E-state index in [1.807, 2.05) is 6.07 Å². The first kappa shape index (κ1) is 15.6. The minimum atomic E-state index is -1.77. The largest absolute Gasteiger partial charge is 0.282 e. The molecule has 7 heteroatoms. The molecule has 0 saturated carbocycles. The van der Waals surface area contributed by atoms with E-state index in [4.69, 9.17) is 39.2 Å². The predicted octanol–water partition coefficient (Wildman–Crippen LogP) is 0.487. The zero-order valence-electron chi connectivity index (χ0n) is 11.4. The van der Waals surface area contributed by atoms with Crippen molar-refractivity contribution in [2.75, 3.05) is 0 Å². The maximum atomic E-state index is 5.96. The summed E-state index contributed by atoms with van der Waals surface area (Å²) in [5.41, 5.74) is 0.723. The second-order valence-electron chi connectivity index (χ2n) is 5.52. The lowest BCUT2D eigenvalue weighted by Crippen LogP contribution is -2.50. The van der Waals surface area contributed by atoms with E-state index in [1.54, 1.807) is 6.20 Å². The molecule has 1 heterocycles. The van der Waals surface area contributed by atoms with Crippen molar-refractivity contribution in [2.24, 2.45) is 0 Å². The van der Waals surface area contributed by atoms with E-state index in [0.29, 0.717) is 0 Å². The van der Waals surface area contributed by atoms with E-state index in [1.165, 1.54) is 4.68 Å². The van der Waals surface area contributed by atoms with E-state index >= 15 is 0 Å². The molecule has 0 fully saturated rings. The first-order valence-corrected chi connectivity index (χ1v) is 6.03. The highest BCUT2D eigenvalue weighted by atomic mass is 15.3. The molecule has 0 atom stereocenters. The molecule has 1 rings (SSSR count). The molecule has 18 heavy (non-hydrogen) atoms. The summed E-state index contributed by atoms with van der Waals surface area (Å²) in [5.74, 6) is 0. The van der Waals surface area contributed by atoms with Crippen LogP contribution in [0.2, 0.25) is 5.11 Å². The second kappa shape index (κ2) is 4.90. The summed E-state index contributed by atoms with van der Waals surface area (Å²) in [5, 5.41) is 0.706. The van der Waals surface area contributed by atoms with Crippen molar-refractivity contribution in [1.29, 1.82) is 0 Å². The number of hydrogen-bond acceptors (Lipinski definition) is 1. The summed E-state index contributed by atoms with van der Waals surface area (Å²) in [6, 6.07) is 1.86. The van der Waals surface area contributed by atoms with Gasteiger partial charge in [-0.1, -0.05) is 27.2 Å². The van der Waals surface area contributed by atoms with Crippen LogP contribution in [0.1, 0.15) is 39.3 Å². The van der Waals surface area contributed by atoms with E-state index < -0.39 is 10.5 Å². The van der Waals surface area contributed by atoms with Crippen LogP contribution in [0, 0.1) is 0 Å². The summed E-state index contributed by atoms with van der Waals surface area (Å²) in [7, 11) is 28.8. The average molecular weight is 229 g/mol. The van der Waals surface area contributed by atoms with Crippen LogP contribution in [0.5, 0.6) is 0 Å². The summed E-state index contributed by atoms with van der Waals surface area (Å²) < 4.78 is 1.42. The Hall–Kier alpha value is -0.465. The maximum absolute atomic E-state index is 5.96. The molecule has 84 valence electrons. The molecule has 1 aromatic rings. The van der Waals surface area contributed by atoms with Gasteiger partial charge in [-0.3, -0.25) is 4.68 Å². The molecular weight excluding hydrogens is 214 g/mol. The lowest BCUT2D eigenvalue weighted by molar-refractivity contribution is 0.398. The highest BCUT2D eigenvalue weighted by Crippen LogP contribution is 2.35. The van der Waals surface area contributed by atoms with Gasteiger partial charge < -0.3 is 0 Å². The molecule has 2 nitrogen and oxygen atoms in total. The summed E-state index contributed by atoms with van der Waals surface area (Å²) in [6.07, 6.45) is 3.60. The fraction of sp³-hybridized carbons (Fsp3) is 0.727. The normalized spacial score (nSPS) is 13.7. The molecule has 0 aliphatic rings. The highest BCUT2D eigenvalue weighted by molar-refractivity contribution is 6.66. The Bertz CT molecular complexity index is 406. The van der Waals surface area contributed by atoms with Gasteiger partial charge in [-0.2, -0.15) is 5.10 Å².